The zero-order valence-electron chi connectivity index (χ0n) is 14.5. The fraction of sp³-hybridized carbons (Fsp3) is 0.938. The fourth-order valence-electron chi connectivity index (χ4n) is 3.49. The van der Waals surface area contributed by atoms with Crippen LogP contribution in [-0.2, 0) is 14.8 Å². The summed E-state index contributed by atoms with van der Waals surface area (Å²) in [6.07, 6.45) is 5.00. The van der Waals surface area contributed by atoms with Crippen LogP contribution >= 0.6 is 0 Å². The van der Waals surface area contributed by atoms with Crippen molar-refractivity contribution in [3.05, 3.63) is 0 Å². The maximum Gasteiger partial charge on any atom is 0.224 e. The normalized spacial score (nSPS) is 25.4. The van der Waals surface area contributed by atoms with Crippen LogP contribution in [0.1, 0.15) is 39.0 Å². The lowest BCUT2D eigenvalue weighted by Crippen LogP contribution is -2.46. The first-order chi connectivity index (χ1) is 10.9. The van der Waals surface area contributed by atoms with Crippen molar-refractivity contribution in [2.24, 2.45) is 11.8 Å². The second kappa shape index (κ2) is 8.44. The Balaban J connectivity index is 1.73. The van der Waals surface area contributed by atoms with Gasteiger partial charge in [-0.1, -0.05) is 0 Å². The molecule has 0 aliphatic carbocycles. The van der Waals surface area contributed by atoms with Crippen molar-refractivity contribution in [1.29, 1.82) is 0 Å². The molecule has 0 unspecified atom stereocenters. The predicted molar refractivity (Wildman–Crippen MR) is 91.6 cm³/mol. The van der Waals surface area contributed by atoms with E-state index >= 15 is 0 Å². The van der Waals surface area contributed by atoms with E-state index in [9.17, 15) is 13.2 Å². The summed E-state index contributed by atoms with van der Waals surface area (Å²) in [5, 5.41) is 3.03. The van der Waals surface area contributed by atoms with Crippen LogP contribution in [0.15, 0.2) is 0 Å². The number of amides is 1. The van der Waals surface area contributed by atoms with E-state index < -0.39 is 10.0 Å². The second-order valence-electron chi connectivity index (χ2n) is 6.92. The average molecular weight is 346 g/mol. The minimum Gasteiger partial charge on any atom is -0.356 e. The number of piperidine rings is 2. The van der Waals surface area contributed by atoms with Gasteiger partial charge in [0.05, 0.1) is 11.7 Å². The number of likely N-dealkylation sites (tertiary alicyclic amines) is 1. The molecule has 0 radical (unpaired) electrons. The van der Waals surface area contributed by atoms with E-state index in [4.69, 9.17) is 0 Å². The Bertz CT molecular complexity index is 487. The summed E-state index contributed by atoms with van der Waals surface area (Å²) in [5.41, 5.74) is 0. The highest BCUT2D eigenvalue weighted by molar-refractivity contribution is 7.89. The standard InChI is InChI=1S/C16H31N3O3S/c1-3-23(21,22)19-10-4-5-15(13-19)16(20)17-9-6-14-7-11-18(2)12-8-14/h14-15H,3-13H2,1-2H3,(H,17,20)/t15-/m1/s1. The summed E-state index contributed by atoms with van der Waals surface area (Å²) in [7, 11) is -1.03. The Kier molecular flexibility index (Phi) is 6.85. The van der Waals surface area contributed by atoms with E-state index in [2.05, 4.69) is 17.3 Å². The van der Waals surface area contributed by atoms with E-state index in [1.54, 1.807) is 6.92 Å². The summed E-state index contributed by atoms with van der Waals surface area (Å²) >= 11 is 0. The highest BCUT2D eigenvalue weighted by atomic mass is 32.2. The molecule has 0 bridgehead atoms. The lowest BCUT2D eigenvalue weighted by atomic mass is 9.93. The van der Waals surface area contributed by atoms with Gasteiger partial charge in [0.1, 0.15) is 0 Å². The van der Waals surface area contributed by atoms with Crippen molar-refractivity contribution < 1.29 is 13.2 Å². The van der Waals surface area contributed by atoms with Gasteiger partial charge in [0.15, 0.2) is 0 Å². The molecule has 0 aromatic rings. The lowest BCUT2D eigenvalue weighted by Gasteiger charge is -2.31. The van der Waals surface area contributed by atoms with Gasteiger partial charge in [0, 0.05) is 19.6 Å². The summed E-state index contributed by atoms with van der Waals surface area (Å²) < 4.78 is 25.4. The Morgan fingerprint density at radius 3 is 2.52 bits per heavy atom. The van der Waals surface area contributed by atoms with Crippen LogP contribution in [0.2, 0.25) is 0 Å². The third-order valence-corrected chi connectivity index (χ3v) is 7.05. The van der Waals surface area contributed by atoms with Gasteiger partial charge in [0.2, 0.25) is 15.9 Å². The topological polar surface area (TPSA) is 69.7 Å². The van der Waals surface area contributed by atoms with Gasteiger partial charge in [-0.2, -0.15) is 0 Å². The molecule has 2 aliphatic rings. The first kappa shape index (κ1) is 18.7. The highest BCUT2D eigenvalue weighted by Gasteiger charge is 2.31. The van der Waals surface area contributed by atoms with Crippen molar-refractivity contribution in [2.75, 3.05) is 45.5 Å². The Labute approximate surface area is 140 Å². The molecule has 2 rings (SSSR count). The van der Waals surface area contributed by atoms with E-state index in [1.807, 2.05) is 0 Å². The molecule has 1 amide bonds. The molecule has 0 saturated carbocycles. The summed E-state index contributed by atoms with van der Waals surface area (Å²) in [5.74, 6) is 0.642. The molecule has 0 aromatic heterocycles. The summed E-state index contributed by atoms with van der Waals surface area (Å²) in [6.45, 7) is 5.55. The number of hydrogen-bond donors (Lipinski definition) is 1. The first-order valence-electron chi connectivity index (χ1n) is 8.86. The van der Waals surface area contributed by atoms with Crippen LogP contribution in [0, 0.1) is 11.8 Å². The van der Waals surface area contributed by atoms with Crippen molar-refractivity contribution in [3.63, 3.8) is 0 Å². The molecular formula is C16H31N3O3S. The second-order valence-corrected chi connectivity index (χ2v) is 9.18. The smallest absolute Gasteiger partial charge is 0.224 e. The monoisotopic (exact) mass is 345 g/mol. The number of hydrogen-bond acceptors (Lipinski definition) is 4. The number of sulfonamides is 1. The Morgan fingerprint density at radius 2 is 1.87 bits per heavy atom. The molecule has 2 fully saturated rings. The minimum absolute atomic E-state index is 0.0222. The maximum absolute atomic E-state index is 12.3. The maximum atomic E-state index is 12.3. The van der Waals surface area contributed by atoms with Crippen LogP contribution in [0.4, 0.5) is 0 Å². The molecule has 7 heteroatoms. The quantitative estimate of drug-likeness (QED) is 0.776. The van der Waals surface area contributed by atoms with Gasteiger partial charge in [-0.25, -0.2) is 12.7 Å². The zero-order chi connectivity index (χ0) is 16.9. The summed E-state index contributed by atoms with van der Waals surface area (Å²) in [6, 6.07) is 0. The molecule has 1 atom stereocenters. The SMILES string of the molecule is CCS(=O)(=O)N1CCC[C@@H](C(=O)NCCC2CCN(C)CC2)C1. The molecule has 2 saturated heterocycles. The molecule has 0 aromatic carbocycles. The van der Waals surface area contributed by atoms with Crippen molar-refractivity contribution in [1.82, 2.24) is 14.5 Å². The minimum atomic E-state index is -3.18. The molecule has 1 N–H and O–H groups in total. The van der Waals surface area contributed by atoms with Crippen LogP contribution in [0.3, 0.4) is 0 Å². The number of nitrogens with zero attached hydrogens (tertiary/aromatic N) is 2. The lowest BCUT2D eigenvalue weighted by molar-refractivity contribution is -0.126. The van der Waals surface area contributed by atoms with Crippen LogP contribution < -0.4 is 5.32 Å². The van der Waals surface area contributed by atoms with E-state index in [0.29, 0.717) is 25.6 Å². The molecule has 134 valence electrons. The van der Waals surface area contributed by atoms with E-state index in [-0.39, 0.29) is 17.6 Å². The number of rotatable bonds is 6. The van der Waals surface area contributed by atoms with Crippen molar-refractivity contribution in [3.8, 4) is 0 Å². The molecular weight excluding hydrogens is 314 g/mol. The largest absolute Gasteiger partial charge is 0.356 e. The molecule has 2 aliphatic heterocycles. The third-order valence-electron chi connectivity index (χ3n) is 5.20. The van der Waals surface area contributed by atoms with Gasteiger partial charge in [0.25, 0.3) is 0 Å². The number of nitrogens with one attached hydrogen (secondary N) is 1. The summed E-state index contributed by atoms with van der Waals surface area (Å²) in [4.78, 5) is 14.7. The number of carbonyl (C=O) groups excluding carboxylic acids is 1. The Morgan fingerprint density at radius 1 is 1.17 bits per heavy atom. The Hall–Kier alpha value is -0.660. The van der Waals surface area contributed by atoms with E-state index in [0.717, 1.165) is 32.4 Å². The zero-order valence-corrected chi connectivity index (χ0v) is 15.3. The third kappa shape index (κ3) is 5.43. The van der Waals surface area contributed by atoms with Crippen molar-refractivity contribution in [2.45, 2.75) is 39.0 Å². The van der Waals surface area contributed by atoms with Gasteiger partial charge in [-0.15, -0.1) is 0 Å². The number of carbonyl (C=O) groups is 1. The molecule has 0 spiro atoms. The predicted octanol–water partition coefficient (Wildman–Crippen LogP) is 0.896. The van der Waals surface area contributed by atoms with Gasteiger partial charge in [-0.05, 0) is 65.1 Å². The van der Waals surface area contributed by atoms with Gasteiger partial charge in [-0.3, -0.25) is 4.79 Å². The van der Waals surface area contributed by atoms with E-state index in [1.165, 1.54) is 17.1 Å². The van der Waals surface area contributed by atoms with Gasteiger partial charge < -0.3 is 10.2 Å². The first-order valence-corrected chi connectivity index (χ1v) is 10.5. The van der Waals surface area contributed by atoms with Crippen LogP contribution in [0.5, 0.6) is 0 Å². The molecule has 2 heterocycles. The molecule has 6 nitrogen and oxygen atoms in total. The van der Waals surface area contributed by atoms with Crippen LogP contribution in [-0.4, -0.2) is 69.1 Å². The van der Waals surface area contributed by atoms with Crippen LogP contribution in [0.25, 0.3) is 0 Å². The van der Waals surface area contributed by atoms with Gasteiger partial charge >= 0.3 is 0 Å². The average Bonchev–Trinajstić information content (AvgIpc) is 2.56. The highest BCUT2D eigenvalue weighted by Crippen LogP contribution is 2.21. The van der Waals surface area contributed by atoms with Crippen molar-refractivity contribution >= 4 is 15.9 Å². The molecule has 23 heavy (non-hydrogen) atoms. The fourth-order valence-corrected chi connectivity index (χ4v) is 4.67.